The van der Waals surface area contributed by atoms with E-state index in [-0.39, 0.29) is 67.6 Å². The van der Waals surface area contributed by atoms with Gasteiger partial charge in [-0.1, -0.05) is 83.3 Å². The van der Waals surface area contributed by atoms with Crippen LogP contribution in [0.4, 0.5) is 0 Å². The molecule has 0 radical (unpaired) electrons. The zero-order chi connectivity index (χ0) is 17.8. The molecule has 0 atom stereocenters. The Morgan fingerprint density at radius 1 is 0.880 bits per heavy atom. The van der Waals surface area contributed by atoms with E-state index in [0.29, 0.717) is 6.42 Å². The Bertz CT molecular complexity index is 573. The van der Waals surface area contributed by atoms with Crippen molar-refractivity contribution in [3.05, 3.63) is 23.8 Å². The van der Waals surface area contributed by atoms with Gasteiger partial charge in [-0.3, -0.25) is 4.55 Å². The summed E-state index contributed by atoms with van der Waals surface area (Å²) in [5.41, 5.74) is 0.218. The number of hydrogen-bond donors (Lipinski definition) is 1. The molecule has 0 aliphatic carbocycles. The predicted octanol–water partition coefficient (Wildman–Crippen LogP) is 1.86. The first kappa shape index (κ1) is 25.6. The molecule has 0 fully saturated rings. The smallest absolute Gasteiger partial charge is 0.872 e. The van der Waals surface area contributed by atoms with E-state index in [4.69, 9.17) is 0 Å². The zero-order valence-corrected chi connectivity index (χ0v) is 19.7. The molecule has 0 heterocycles. The van der Waals surface area contributed by atoms with E-state index in [0.717, 1.165) is 19.3 Å². The first-order valence-corrected chi connectivity index (χ1v) is 10.7. The summed E-state index contributed by atoms with van der Waals surface area (Å²) in [6.45, 7) is 2.23. The van der Waals surface area contributed by atoms with Crippen LogP contribution in [0, 0.1) is 0 Å². The van der Waals surface area contributed by atoms with Gasteiger partial charge in [-0.2, -0.15) is 8.42 Å². The molecular weight excluding hydrogens is 363 g/mol. The summed E-state index contributed by atoms with van der Waals surface area (Å²) in [7, 11) is -4.32. The van der Waals surface area contributed by atoms with Gasteiger partial charge < -0.3 is 5.11 Å². The molecule has 1 N–H and O–H groups in total. The molecule has 0 aliphatic heterocycles. The van der Waals surface area contributed by atoms with Crippen molar-refractivity contribution in [2.45, 2.75) is 88.9 Å². The van der Waals surface area contributed by atoms with Crippen LogP contribution in [0.5, 0.6) is 5.75 Å². The molecule has 0 saturated carbocycles. The summed E-state index contributed by atoms with van der Waals surface area (Å²) in [6, 6.07) is 4.02. The van der Waals surface area contributed by atoms with Gasteiger partial charge in [-0.15, -0.1) is 5.75 Å². The molecule has 4 nitrogen and oxygen atoms in total. The Hall–Kier alpha value is 0.566. The molecule has 25 heavy (non-hydrogen) atoms. The fourth-order valence-corrected chi connectivity index (χ4v) is 3.76. The average molecular weight is 395 g/mol. The number of hydrogen-bond acceptors (Lipinski definition) is 3. The zero-order valence-electron chi connectivity index (χ0n) is 15.8. The average Bonchev–Trinajstić information content (AvgIpc) is 2.52. The molecule has 1 aromatic rings. The number of unbranched alkanes of at least 4 members (excludes halogenated alkanes) is 10. The van der Waals surface area contributed by atoms with Crippen molar-refractivity contribution in [2.75, 3.05) is 0 Å². The predicted molar refractivity (Wildman–Crippen MR) is 95.9 cm³/mol. The monoisotopic (exact) mass is 394 g/mol. The minimum Gasteiger partial charge on any atom is -0.872 e. The maximum atomic E-state index is 11.8. The van der Waals surface area contributed by atoms with Crippen molar-refractivity contribution in [1.82, 2.24) is 0 Å². The van der Waals surface area contributed by atoms with Gasteiger partial charge in [0.25, 0.3) is 10.1 Å². The van der Waals surface area contributed by atoms with E-state index < -0.39 is 10.1 Å². The first-order chi connectivity index (χ1) is 11.5. The normalized spacial score (nSPS) is 11.3. The van der Waals surface area contributed by atoms with E-state index in [1.54, 1.807) is 0 Å². The van der Waals surface area contributed by atoms with E-state index >= 15 is 0 Å². The maximum absolute atomic E-state index is 11.8. The molecule has 1 rings (SSSR count). The molecule has 6 heteroatoms. The van der Waals surface area contributed by atoms with Gasteiger partial charge in [0.15, 0.2) is 0 Å². The second kappa shape index (κ2) is 14.6. The third-order valence-corrected chi connectivity index (χ3v) is 5.34. The summed E-state index contributed by atoms with van der Waals surface area (Å²) in [4.78, 5) is -0.234. The molecule has 0 bridgehead atoms. The molecule has 0 spiro atoms. The van der Waals surface area contributed by atoms with Gasteiger partial charge in [-0.25, -0.2) is 0 Å². The number of benzene rings is 1. The second-order valence-corrected chi connectivity index (χ2v) is 7.88. The van der Waals surface area contributed by atoms with Gasteiger partial charge in [0.05, 0.1) is 4.90 Å². The van der Waals surface area contributed by atoms with Crippen molar-refractivity contribution in [3.63, 3.8) is 0 Å². The minimum absolute atomic E-state index is 0. The van der Waals surface area contributed by atoms with E-state index in [1.165, 1.54) is 69.6 Å². The SMILES string of the molecule is CCCCCCCCCCCCCc1c([O-])cccc1S(=O)(=O)O.[K+]. The Labute approximate surface area is 196 Å². The summed E-state index contributed by atoms with van der Waals surface area (Å²) in [5, 5.41) is 11.8. The van der Waals surface area contributed by atoms with Crippen molar-refractivity contribution >= 4 is 10.1 Å². The van der Waals surface area contributed by atoms with Crippen LogP contribution in [0.3, 0.4) is 0 Å². The second-order valence-electron chi connectivity index (χ2n) is 6.49. The molecule has 0 aliphatic rings. The topological polar surface area (TPSA) is 77.4 Å². The Morgan fingerprint density at radius 3 is 1.84 bits per heavy atom. The van der Waals surface area contributed by atoms with Gasteiger partial charge in [-0.05, 0) is 24.5 Å². The molecule has 1 aromatic carbocycles. The van der Waals surface area contributed by atoms with Gasteiger partial charge in [0, 0.05) is 0 Å². The first-order valence-electron chi connectivity index (χ1n) is 9.23. The molecule has 0 saturated heterocycles. The van der Waals surface area contributed by atoms with Crippen LogP contribution in [-0.4, -0.2) is 13.0 Å². The third-order valence-electron chi connectivity index (χ3n) is 4.40. The van der Waals surface area contributed by atoms with Crippen molar-refractivity contribution in [1.29, 1.82) is 0 Å². The van der Waals surface area contributed by atoms with Crippen molar-refractivity contribution < 1.29 is 69.5 Å². The number of rotatable bonds is 13. The molecule has 0 amide bonds. The van der Waals surface area contributed by atoms with Crippen LogP contribution in [0.2, 0.25) is 0 Å². The van der Waals surface area contributed by atoms with Crippen molar-refractivity contribution in [2.24, 2.45) is 0 Å². The van der Waals surface area contributed by atoms with Crippen LogP contribution in [0.15, 0.2) is 23.1 Å². The van der Waals surface area contributed by atoms with Crippen LogP contribution < -0.4 is 56.5 Å². The molecule has 0 unspecified atom stereocenters. The Morgan fingerprint density at radius 2 is 1.36 bits per heavy atom. The minimum atomic E-state index is -4.32. The fourth-order valence-electron chi connectivity index (χ4n) is 3.00. The summed E-state index contributed by atoms with van der Waals surface area (Å²) < 4.78 is 31.9. The van der Waals surface area contributed by atoms with Crippen LogP contribution in [0.1, 0.15) is 83.1 Å². The maximum Gasteiger partial charge on any atom is 1.00 e. The standard InChI is InChI=1S/C19H32O4S.K/c1-2-3-4-5-6-7-8-9-10-11-12-14-17-18(20)15-13-16-19(17)24(21,22)23;/h13,15-16,20H,2-12,14H2,1H3,(H,21,22,23);/q;+1/p-1. The van der Waals surface area contributed by atoms with Crippen LogP contribution in [-0.2, 0) is 16.5 Å². The van der Waals surface area contributed by atoms with Gasteiger partial charge in [0.2, 0.25) is 0 Å². The van der Waals surface area contributed by atoms with Crippen molar-refractivity contribution in [3.8, 4) is 5.75 Å². The summed E-state index contributed by atoms with van der Waals surface area (Å²) in [5.74, 6) is -0.308. The van der Waals surface area contributed by atoms with E-state index in [9.17, 15) is 18.1 Å². The molecular formula is C19H31KO4S. The van der Waals surface area contributed by atoms with Crippen LogP contribution in [0.25, 0.3) is 0 Å². The third kappa shape index (κ3) is 11.1. The summed E-state index contributed by atoms with van der Waals surface area (Å²) in [6.07, 6.45) is 13.6. The Kier molecular flexibility index (Phi) is 14.9. The largest absolute Gasteiger partial charge is 1.00 e. The van der Waals surface area contributed by atoms with E-state index in [1.807, 2.05) is 0 Å². The fraction of sp³-hybridized carbons (Fsp3) is 0.684. The van der Waals surface area contributed by atoms with E-state index in [2.05, 4.69) is 6.92 Å². The molecule has 138 valence electrons. The quantitative estimate of drug-likeness (QED) is 0.315. The molecule has 0 aromatic heterocycles. The van der Waals surface area contributed by atoms with Gasteiger partial charge in [0.1, 0.15) is 0 Å². The van der Waals surface area contributed by atoms with Gasteiger partial charge >= 0.3 is 51.4 Å². The summed E-state index contributed by atoms with van der Waals surface area (Å²) >= 11 is 0. The van der Waals surface area contributed by atoms with Crippen LogP contribution >= 0.6 is 0 Å². The Balaban J connectivity index is 0.00000576.